The van der Waals surface area contributed by atoms with Gasteiger partial charge in [0.2, 0.25) is 10.0 Å². The van der Waals surface area contributed by atoms with Crippen LogP contribution in [-0.4, -0.2) is 40.6 Å². The number of ether oxygens (including phenoxy) is 3. The number of methoxy groups -OCH3 is 1. The Hall–Kier alpha value is -1.15. The molecule has 0 aromatic heterocycles. The zero-order valence-electron chi connectivity index (χ0n) is 15.1. The zero-order valence-corrected chi connectivity index (χ0v) is 15.9. The van der Waals surface area contributed by atoms with Crippen molar-refractivity contribution < 1.29 is 22.6 Å². The topological polar surface area (TPSA) is 73.9 Å². The van der Waals surface area contributed by atoms with Crippen LogP contribution in [0.2, 0.25) is 0 Å². The molecule has 0 amide bonds. The Morgan fingerprint density at radius 3 is 2.56 bits per heavy atom. The molecule has 3 rings (SSSR count). The van der Waals surface area contributed by atoms with Gasteiger partial charge in [-0.05, 0) is 49.9 Å². The summed E-state index contributed by atoms with van der Waals surface area (Å²) in [6.45, 7) is 4.43. The number of aryl methyl sites for hydroxylation is 2. The second kappa shape index (κ2) is 7.23. The molecule has 1 atom stereocenters. The smallest absolute Gasteiger partial charge is 0.244 e. The molecule has 0 bridgehead atoms. The lowest BCUT2D eigenvalue weighted by atomic mass is 9.94. The van der Waals surface area contributed by atoms with Crippen molar-refractivity contribution in [2.45, 2.75) is 62.7 Å². The van der Waals surface area contributed by atoms with Gasteiger partial charge in [-0.3, -0.25) is 0 Å². The van der Waals surface area contributed by atoms with Gasteiger partial charge in [0.1, 0.15) is 10.6 Å². The van der Waals surface area contributed by atoms with Gasteiger partial charge < -0.3 is 14.2 Å². The second-order valence-electron chi connectivity index (χ2n) is 6.96. The van der Waals surface area contributed by atoms with Crippen LogP contribution in [0.15, 0.2) is 17.0 Å². The van der Waals surface area contributed by atoms with E-state index in [2.05, 4.69) is 4.72 Å². The van der Waals surface area contributed by atoms with Crippen molar-refractivity contribution in [1.29, 1.82) is 0 Å². The third-order valence-corrected chi connectivity index (χ3v) is 6.54. The minimum absolute atomic E-state index is 0.157. The lowest BCUT2D eigenvalue weighted by Gasteiger charge is -2.31. The van der Waals surface area contributed by atoms with E-state index >= 15 is 0 Å². The van der Waals surface area contributed by atoms with Gasteiger partial charge in [0, 0.05) is 19.4 Å². The first-order valence-corrected chi connectivity index (χ1v) is 10.3. The summed E-state index contributed by atoms with van der Waals surface area (Å²) in [5.74, 6) is -0.144. The van der Waals surface area contributed by atoms with Crippen molar-refractivity contribution in [2.24, 2.45) is 0 Å². The maximum Gasteiger partial charge on any atom is 0.244 e. The van der Waals surface area contributed by atoms with Crippen molar-refractivity contribution >= 4 is 10.0 Å². The first kappa shape index (κ1) is 18.6. The molecule has 7 heteroatoms. The largest absolute Gasteiger partial charge is 0.495 e. The lowest BCUT2D eigenvalue weighted by Crippen LogP contribution is -2.37. The van der Waals surface area contributed by atoms with E-state index in [1.54, 1.807) is 12.1 Å². The van der Waals surface area contributed by atoms with E-state index in [1.165, 1.54) is 13.5 Å². The molecule has 1 saturated heterocycles. The van der Waals surface area contributed by atoms with Crippen LogP contribution in [0.4, 0.5) is 0 Å². The quantitative estimate of drug-likeness (QED) is 0.864. The van der Waals surface area contributed by atoms with Crippen LogP contribution in [0, 0.1) is 13.8 Å². The van der Waals surface area contributed by atoms with E-state index < -0.39 is 15.8 Å². The maximum atomic E-state index is 12.7. The van der Waals surface area contributed by atoms with Crippen molar-refractivity contribution in [2.75, 3.05) is 20.3 Å². The van der Waals surface area contributed by atoms with E-state index in [9.17, 15) is 8.42 Å². The Morgan fingerprint density at radius 2 is 1.88 bits per heavy atom. The van der Waals surface area contributed by atoms with Crippen LogP contribution in [0.3, 0.4) is 0 Å². The summed E-state index contributed by atoms with van der Waals surface area (Å²) in [6.07, 6.45) is 4.92. The maximum absolute atomic E-state index is 12.7. The number of benzene rings is 1. The Kier molecular flexibility index (Phi) is 5.39. The predicted molar refractivity (Wildman–Crippen MR) is 94.3 cm³/mol. The van der Waals surface area contributed by atoms with Crippen LogP contribution >= 0.6 is 0 Å². The van der Waals surface area contributed by atoms with Crippen LogP contribution in [-0.2, 0) is 19.5 Å². The molecule has 1 N–H and O–H groups in total. The number of nitrogens with one attached hydrogen (secondary N) is 1. The van der Waals surface area contributed by atoms with Gasteiger partial charge in [-0.2, -0.15) is 0 Å². The summed E-state index contributed by atoms with van der Waals surface area (Å²) in [5.41, 5.74) is 1.89. The molecular formula is C18H27NO5S. The fourth-order valence-electron chi connectivity index (χ4n) is 3.48. The minimum Gasteiger partial charge on any atom is -0.495 e. The van der Waals surface area contributed by atoms with E-state index in [1.807, 2.05) is 13.8 Å². The molecular weight excluding hydrogens is 342 g/mol. The highest BCUT2D eigenvalue weighted by Crippen LogP contribution is 2.37. The number of hydrogen-bond donors (Lipinski definition) is 1. The molecule has 0 unspecified atom stereocenters. The summed E-state index contributed by atoms with van der Waals surface area (Å²) >= 11 is 0. The molecule has 140 valence electrons. The van der Waals surface area contributed by atoms with Crippen LogP contribution in [0.5, 0.6) is 5.75 Å². The predicted octanol–water partition coefficient (Wildman–Crippen LogP) is 2.67. The number of rotatable bonds is 5. The second-order valence-corrected chi connectivity index (χ2v) is 8.70. The zero-order chi connectivity index (χ0) is 18.1. The van der Waals surface area contributed by atoms with Crippen LogP contribution in [0.25, 0.3) is 0 Å². The Morgan fingerprint density at radius 1 is 1.20 bits per heavy atom. The fourth-order valence-corrected chi connectivity index (χ4v) is 4.78. The van der Waals surface area contributed by atoms with E-state index in [-0.39, 0.29) is 17.5 Å². The normalized spacial score (nSPS) is 23.1. The summed E-state index contributed by atoms with van der Waals surface area (Å²) in [6, 6.07) is 3.39. The molecule has 2 aliphatic rings. The van der Waals surface area contributed by atoms with Gasteiger partial charge in [-0.15, -0.1) is 0 Å². The summed E-state index contributed by atoms with van der Waals surface area (Å²) in [4.78, 5) is 0.157. The minimum atomic E-state index is -3.68. The summed E-state index contributed by atoms with van der Waals surface area (Å²) < 4.78 is 45.2. The molecule has 1 aromatic rings. The molecule has 1 aliphatic carbocycles. The first-order chi connectivity index (χ1) is 11.9. The number of sulfonamides is 1. The molecule has 2 fully saturated rings. The Labute approximate surface area is 149 Å². The van der Waals surface area contributed by atoms with Crippen LogP contribution in [0.1, 0.15) is 43.2 Å². The number of hydrogen-bond acceptors (Lipinski definition) is 5. The van der Waals surface area contributed by atoms with Crippen molar-refractivity contribution in [1.82, 2.24) is 4.72 Å². The standard InChI is InChI=1S/C18H27NO5S/c1-13-9-16(22-3)17(10-14(13)2)25(20,21)19-11-15-12-23-18(24-15)7-5-4-6-8-18/h9-10,15,19H,4-8,11-12H2,1-3H3/t15-/m1/s1. The first-order valence-electron chi connectivity index (χ1n) is 8.82. The van der Waals surface area contributed by atoms with E-state index in [0.29, 0.717) is 12.4 Å². The third kappa shape index (κ3) is 4.00. The Balaban J connectivity index is 1.68. The molecule has 6 nitrogen and oxygen atoms in total. The van der Waals surface area contributed by atoms with E-state index in [4.69, 9.17) is 14.2 Å². The molecule has 0 radical (unpaired) electrons. The van der Waals surface area contributed by atoms with Gasteiger partial charge in [0.05, 0.1) is 19.8 Å². The lowest BCUT2D eigenvalue weighted by molar-refractivity contribution is -0.186. The highest BCUT2D eigenvalue weighted by Gasteiger charge is 2.42. The SMILES string of the molecule is COc1cc(C)c(C)cc1S(=O)(=O)NC[C@@H]1COC2(CCCCC2)O1. The Bertz CT molecular complexity index is 725. The van der Waals surface area contributed by atoms with E-state index in [0.717, 1.165) is 36.8 Å². The molecule has 25 heavy (non-hydrogen) atoms. The fraction of sp³-hybridized carbons (Fsp3) is 0.667. The summed E-state index contributed by atoms with van der Waals surface area (Å²) in [5, 5.41) is 0. The van der Waals surface area contributed by atoms with Gasteiger partial charge >= 0.3 is 0 Å². The van der Waals surface area contributed by atoms with Crippen molar-refractivity contribution in [3.8, 4) is 5.75 Å². The average molecular weight is 369 g/mol. The molecule has 1 aromatic carbocycles. The monoisotopic (exact) mass is 369 g/mol. The van der Waals surface area contributed by atoms with Gasteiger partial charge in [0.25, 0.3) is 0 Å². The van der Waals surface area contributed by atoms with Crippen molar-refractivity contribution in [3.05, 3.63) is 23.3 Å². The average Bonchev–Trinajstić information content (AvgIpc) is 2.98. The van der Waals surface area contributed by atoms with Gasteiger partial charge in [-0.1, -0.05) is 6.42 Å². The van der Waals surface area contributed by atoms with Crippen LogP contribution < -0.4 is 9.46 Å². The summed E-state index contributed by atoms with van der Waals surface area (Å²) in [7, 11) is -2.21. The third-order valence-electron chi connectivity index (χ3n) is 5.10. The molecule has 1 saturated carbocycles. The molecule has 1 heterocycles. The van der Waals surface area contributed by atoms with Crippen molar-refractivity contribution in [3.63, 3.8) is 0 Å². The van der Waals surface area contributed by atoms with Gasteiger partial charge in [-0.25, -0.2) is 13.1 Å². The molecule has 1 spiro atoms. The highest BCUT2D eigenvalue weighted by molar-refractivity contribution is 7.89. The highest BCUT2D eigenvalue weighted by atomic mass is 32.2. The van der Waals surface area contributed by atoms with Gasteiger partial charge in [0.15, 0.2) is 5.79 Å². The molecule has 1 aliphatic heterocycles.